The average Bonchev–Trinajstić information content (AvgIpc) is 2.91. The van der Waals surface area contributed by atoms with E-state index in [1.165, 1.54) is 6.07 Å². The molecule has 1 aliphatic rings. The Labute approximate surface area is 214 Å². The number of halogens is 1. The summed E-state index contributed by atoms with van der Waals surface area (Å²) >= 11 is 0. The predicted octanol–water partition coefficient (Wildman–Crippen LogP) is 6.56. The highest BCUT2D eigenvalue weighted by atomic mass is 19.1. The smallest absolute Gasteiger partial charge is 0.173 e. The molecule has 0 aliphatic carbocycles. The summed E-state index contributed by atoms with van der Waals surface area (Å²) in [5, 5.41) is 0. The van der Waals surface area contributed by atoms with E-state index in [0.717, 1.165) is 23.0 Å². The summed E-state index contributed by atoms with van der Waals surface area (Å²) in [4.78, 5) is 12.4. The molecule has 5 nitrogen and oxygen atoms in total. The first-order valence-electron chi connectivity index (χ1n) is 11.9. The van der Waals surface area contributed by atoms with Gasteiger partial charge in [-0.2, -0.15) is 0 Å². The molecule has 1 heterocycles. The fraction of sp³-hybridized carbons (Fsp3) is 0.129. The van der Waals surface area contributed by atoms with Crippen LogP contribution in [0.15, 0.2) is 96.8 Å². The van der Waals surface area contributed by atoms with Crippen LogP contribution >= 0.6 is 0 Å². The number of nitrogens with two attached hydrogens (primary N) is 1. The maximum Gasteiger partial charge on any atom is 0.173 e. The van der Waals surface area contributed by atoms with E-state index >= 15 is 4.39 Å². The van der Waals surface area contributed by atoms with Crippen LogP contribution < -0.4 is 15.2 Å². The zero-order valence-electron chi connectivity index (χ0n) is 20.3. The second kappa shape index (κ2) is 10.6. The normalized spacial score (nSPS) is 14.5. The molecule has 1 aliphatic heterocycles. The zero-order chi connectivity index (χ0) is 25.8. The van der Waals surface area contributed by atoms with E-state index in [0.29, 0.717) is 28.3 Å². The van der Waals surface area contributed by atoms with Gasteiger partial charge in [0, 0.05) is 11.1 Å². The highest BCUT2D eigenvalue weighted by Crippen LogP contribution is 2.46. The van der Waals surface area contributed by atoms with Gasteiger partial charge in [0.05, 0.1) is 5.69 Å². The van der Waals surface area contributed by atoms with Crippen LogP contribution in [0.2, 0.25) is 0 Å². The van der Waals surface area contributed by atoms with Crippen molar-refractivity contribution in [3.05, 3.63) is 130 Å². The Morgan fingerprint density at radius 1 is 0.892 bits per heavy atom. The summed E-state index contributed by atoms with van der Waals surface area (Å²) in [6, 6.07) is 27.3. The minimum absolute atomic E-state index is 0.109. The number of carbonyl (C=O) groups excluding carboxylic acids is 1. The lowest BCUT2D eigenvalue weighted by Crippen LogP contribution is -2.19. The minimum Gasteiger partial charge on any atom is -0.488 e. The third kappa shape index (κ3) is 5.19. The average molecular weight is 496 g/mol. The highest BCUT2D eigenvalue weighted by molar-refractivity contribution is 5.82. The van der Waals surface area contributed by atoms with E-state index in [-0.39, 0.29) is 24.7 Å². The number of anilines is 1. The SMILES string of the molecule is Cc1cc(N)c2c(c1)C(C=O)C(OCc1ccccc1)=C(c1ccc(OCc3ccccc3)c(F)c1)O2. The van der Waals surface area contributed by atoms with Crippen LogP contribution in [-0.2, 0) is 22.7 Å². The summed E-state index contributed by atoms with van der Waals surface area (Å²) in [6.45, 7) is 2.34. The van der Waals surface area contributed by atoms with Crippen molar-refractivity contribution >= 4 is 17.7 Å². The van der Waals surface area contributed by atoms with E-state index in [9.17, 15) is 4.79 Å². The predicted molar refractivity (Wildman–Crippen MR) is 140 cm³/mol. The second-order valence-corrected chi connectivity index (χ2v) is 8.88. The number of hydrogen-bond acceptors (Lipinski definition) is 5. The number of rotatable bonds is 8. The number of ether oxygens (including phenoxy) is 3. The Hall–Kier alpha value is -4.58. The van der Waals surface area contributed by atoms with Gasteiger partial charge in [-0.05, 0) is 47.9 Å². The van der Waals surface area contributed by atoms with Gasteiger partial charge in [-0.15, -0.1) is 0 Å². The first kappa shape index (κ1) is 24.1. The molecule has 0 spiro atoms. The molecular formula is C31H26FNO4. The van der Waals surface area contributed by atoms with Crippen LogP contribution in [0.3, 0.4) is 0 Å². The van der Waals surface area contributed by atoms with Gasteiger partial charge in [-0.3, -0.25) is 0 Å². The maximum absolute atomic E-state index is 15.2. The number of benzene rings is 4. The number of carbonyl (C=O) groups is 1. The molecule has 5 rings (SSSR count). The van der Waals surface area contributed by atoms with Crippen LogP contribution in [-0.4, -0.2) is 6.29 Å². The van der Waals surface area contributed by atoms with Crippen LogP contribution in [0.4, 0.5) is 10.1 Å². The summed E-state index contributed by atoms with van der Waals surface area (Å²) in [5.41, 5.74) is 10.4. The van der Waals surface area contributed by atoms with Crippen molar-refractivity contribution in [2.24, 2.45) is 0 Å². The first-order chi connectivity index (χ1) is 18.0. The van der Waals surface area contributed by atoms with E-state index < -0.39 is 11.7 Å². The fourth-order valence-corrected chi connectivity index (χ4v) is 4.34. The van der Waals surface area contributed by atoms with Crippen LogP contribution in [0.1, 0.15) is 33.7 Å². The van der Waals surface area contributed by atoms with Gasteiger partial charge < -0.3 is 24.7 Å². The third-order valence-corrected chi connectivity index (χ3v) is 6.14. The van der Waals surface area contributed by atoms with Crippen LogP contribution in [0, 0.1) is 12.7 Å². The van der Waals surface area contributed by atoms with Gasteiger partial charge in [0.15, 0.2) is 28.8 Å². The number of nitrogen functional groups attached to an aromatic ring is 1. The molecule has 2 N–H and O–H groups in total. The molecule has 186 valence electrons. The van der Waals surface area contributed by atoms with Gasteiger partial charge in [0.2, 0.25) is 0 Å². The maximum atomic E-state index is 15.2. The quantitative estimate of drug-likeness (QED) is 0.222. The van der Waals surface area contributed by atoms with Crippen molar-refractivity contribution in [2.75, 3.05) is 5.73 Å². The Morgan fingerprint density at radius 2 is 1.54 bits per heavy atom. The van der Waals surface area contributed by atoms with E-state index in [2.05, 4.69) is 0 Å². The van der Waals surface area contributed by atoms with Gasteiger partial charge in [-0.1, -0.05) is 66.7 Å². The van der Waals surface area contributed by atoms with Gasteiger partial charge in [0.1, 0.15) is 25.4 Å². The molecule has 1 unspecified atom stereocenters. The van der Waals surface area contributed by atoms with Gasteiger partial charge >= 0.3 is 0 Å². The monoisotopic (exact) mass is 495 g/mol. The Morgan fingerprint density at radius 3 is 2.16 bits per heavy atom. The first-order valence-corrected chi connectivity index (χ1v) is 11.9. The Kier molecular flexibility index (Phi) is 6.90. The molecule has 0 saturated carbocycles. The number of fused-ring (bicyclic) bond motifs is 1. The lowest BCUT2D eigenvalue weighted by atomic mass is 9.91. The largest absolute Gasteiger partial charge is 0.488 e. The van der Waals surface area contributed by atoms with Crippen LogP contribution in [0.25, 0.3) is 5.76 Å². The molecule has 4 aromatic carbocycles. The number of allylic oxidation sites excluding steroid dienone is 1. The zero-order valence-corrected chi connectivity index (χ0v) is 20.3. The molecule has 0 bridgehead atoms. The second-order valence-electron chi connectivity index (χ2n) is 8.88. The molecule has 0 aromatic heterocycles. The van der Waals surface area contributed by atoms with E-state index in [1.807, 2.05) is 73.7 Å². The van der Waals surface area contributed by atoms with Crippen molar-refractivity contribution in [1.82, 2.24) is 0 Å². The molecule has 0 radical (unpaired) electrons. The number of aldehydes is 1. The summed E-state index contributed by atoms with van der Waals surface area (Å²) in [5.74, 6) is -0.301. The molecule has 0 saturated heterocycles. The van der Waals surface area contributed by atoms with Gasteiger partial charge in [0.25, 0.3) is 0 Å². The molecule has 6 heteroatoms. The summed E-state index contributed by atoms with van der Waals surface area (Å²) in [7, 11) is 0. The third-order valence-electron chi connectivity index (χ3n) is 6.14. The summed E-state index contributed by atoms with van der Waals surface area (Å²) in [6.07, 6.45) is 0.800. The molecule has 0 amide bonds. The molecule has 4 aromatic rings. The molecular weight excluding hydrogens is 469 g/mol. The molecule has 37 heavy (non-hydrogen) atoms. The highest BCUT2D eigenvalue weighted by Gasteiger charge is 2.34. The van der Waals surface area contributed by atoms with E-state index in [1.54, 1.807) is 18.2 Å². The van der Waals surface area contributed by atoms with Gasteiger partial charge in [-0.25, -0.2) is 4.39 Å². The Balaban J connectivity index is 1.51. The van der Waals surface area contributed by atoms with Crippen molar-refractivity contribution in [3.8, 4) is 11.5 Å². The topological polar surface area (TPSA) is 70.8 Å². The standard InChI is InChI=1S/C31H26FNO4/c1-20-14-24-25(17-34)31(36-19-22-10-6-3-7-11-22)29(37-30(24)27(33)15-20)23-12-13-28(26(32)16-23)35-18-21-8-4-2-5-9-21/h2-17,25H,18-19,33H2,1H3. The molecule has 1 atom stereocenters. The fourth-order valence-electron chi connectivity index (χ4n) is 4.34. The van der Waals surface area contributed by atoms with Crippen molar-refractivity contribution in [1.29, 1.82) is 0 Å². The van der Waals surface area contributed by atoms with Crippen molar-refractivity contribution < 1.29 is 23.4 Å². The lowest BCUT2D eigenvalue weighted by molar-refractivity contribution is -0.109. The number of hydrogen-bond donors (Lipinski definition) is 1. The lowest BCUT2D eigenvalue weighted by Gasteiger charge is -2.29. The van der Waals surface area contributed by atoms with Crippen molar-refractivity contribution in [3.63, 3.8) is 0 Å². The molecule has 0 fully saturated rings. The minimum atomic E-state index is -0.762. The Bertz CT molecular complexity index is 1450. The number of aryl methyl sites for hydroxylation is 1. The van der Waals surface area contributed by atoms with Crippen LogP contribution in [0.5, 0.6) is 11.5 Å². The van der Waals surface area contributed by atoms with Crippen molar-refractivity contribution in [2.45, 2.75) is 26.1 Å². The summed E-state index contributed by atoms with van der Waals surface area (Å²) < 4.78 is 33.2. The van der Waals surface area contributed by atoms with E-state index in [4.69, 9.17) is 19.9 Å².